The third-order valence-corrected chi connectivity index (χ3v) is 6.16. The van der Waals surface area contributed by atoms with Gasteiger partial charge in [0.15, 0.2) is 0 Å². The van der Waals surface area contributed by atoms with Crippen molar-refractivity contribution in [2.75, 3.05) is 13.2 Å². The van der Waals surface area contributed by atoms with Crippen molar-refractivity contribution in [2.45, 2.75) is 51.2 Å². The van der Waals surface area contributed by atoms with Crippen LogP contribution in [0, 0.1) is 23.2 Å². The van der Waals surface area contributed by atoms with Gasteiger partial charge in [-0.1, -0.05) is 6.92 Å². The molecule has 0 aromatic carbocycles. The maximum Gasteiger partial charge on any atom is 0.312 e. The smallest absolute Gasteiger partial charge is 0.312 e. The molecule has 2 saturated carbocycles. The molecule has 4 rings (SSSR count). The molecule has 2 aliphatic carbocycles. The van der Waals surface area contributed by atoms with Crippen molar-refractivity contribution in [1.82, 2.24) is 5.32 Å². The van der Waals surface area contributed by atoms with Gasteiger partial charge >= 0.3 is 11.9 Å². The summed E-state index contributed by atoms with van der Waals surface area (Å²) in [6.07, 6.45) is 4.43. The van der Waals surface area contributed by atoms with Crippen molar-refractivity contribution in [2.24, 2.45) is 23.2 Å². The monoisotopic (exact) mass is 293 g/mol. The Morgan fingerprint density at radius 3 is 2.86 bits per heavy atom. The zero-order chi connectivity index (χ0) is 14.6. The number of esters is 2. The lowest BCUT2D eigenvalue weighted by atomic mass is 9.71. The molecule has 2 aliphatic heterocycles. The standard InChI is InChI=1S/C16H23NO4/c1-2-11(12-8-17-12)14(18)21-13-6-10-5-9(13)7-16(10)3-4-20-15(16)19/h9-13,17H,2-8H2,1H3. The van der Waals surface area contributed by atoms with Gasteiger partial charge in [0.2, 0.25) is 0 Å². The summed E-state index contributed by atoms with van der Waals surface area (Å²) in [5.41, 5.74) is -0.240. The largest absolute Gasteiger partial charge is 0.465 e. The van der Waals surface area contributed by atoms with Crippen LogP contribution in [0.3, 0.4) is 0 Å². The number of nitrogens with one attached hydrogen (secondary N) is 1. The second kappa shape index (κ2) is 4.70. The van der Waals surface area contributed by atoms with Crippen molar-refractivity contribution in [1.29, 1.82) is 0 Å². The Morgan fingerprint density at radius 1 is 1.52 bits per heavy atom. The van der Waals surface area contributed by atoms with Crippen molar-refractivity contribution < 1.29 is 19.1 Å². The molecule has 2 saturated heterocycles. The maximum absolute atomic E-state index is 12.3. The Balaban J connectivity index is 1.40. The average molecular weight is 293 g/mol. The van der Waals surface area contributed by atoms with Crippen LogP contribution in [-0.2, 0) is 19.1 Å². The van der Waals surface area contributed by atoms with E-state index < -0.39 is 0 Å². The van der Waals surface area contributed by atoms with Crippen LogP contribution in [0.2, 0.25) is 0 Å². The number of fused-ring (bicyclic) bond motifs is 3. The van der Waals surface area contributed by atoms with E-state index in [-0.39, 0.29) is 29.4 Å². The molecule has 21 heavy (non-hydrogen) atoms. The molecule has 2 bridgehead atoms. The predicted octanol–water partition coefficient (Wildman–Crippen LogP) is 1.26. The lowest BCUT2D eigenvalue weighted by molar-refractivity contribution is -0.159. The van der Waals surface area contributed by atoms with Crippen LogP contribution in [-0.4, -0.2) is 37.2 Å². The zero-order valence-electron chi connectivity index (χ0n) is 12.5. The molecule has 1 N–H and O–H groups in total. The number of hydrogen-bond acceptors (Lipinski definition) is 5. The second-order valence-electron chi connectivity index (χ2n) is 7.18. The molecule has 0 aromatic rings. The van der Waals surface area contributed by atoms with Gasteiger partial charge in [-0.05, 0) is 43.9 Å². The normalized spacial score (nSPS) is 44.9. The predicted molar refractivity (Wildman–Crippen MR) is 74.3 cm³/mol. The van der Waals surface area contributed by atoms with Gasteiger partial charge in [0, 0.05) is 12.6 Å². The van der Waals surface area contributed by atoms with E-state index in [1.165, 1.54) is 0 Å². The van der Waals surface area contributed by atoms with Gasteiger partial charge in [-0.25, -0.2) is 0 Å². The molecule has 0 radical (unpaired) electrons. The molecule has 116 valence electrons. The van der Waals surface area contributed by atoms with E-state index in [1.54, 1.807) is 0 Å². The van der Waals surface area contributed by atoms with Gasteiger partial charge in [-0.15, -0.1) is 0 Å². The topological polar surface area (TPSA) is 74.5 Å². The van der Waals surface area contributed by atoms with Crippen LogP contribution in [0.1, 0.15) is 39.0 Å². The fourth-order valence-corrected chi connectivity index (χ4v) is 4.86. The SMILES string of the molecule is CCC(C(=O)OC1CC2CC1CC21CCOC1=O)C1CN1. The van der Waals surface area contributed by atoms with Crippen molar-refractivity contribution in [3.63, 3.8) is 0 Å². The number of hydrogen-bond donors (Lipinski definition) is 1. The molecule has 5 heteroatoms. The summed E-state index contributed by atoms with van der Waals surface area (Å²) in [6.45, 7) is 3.54. The summed E-state index contributed by atoms with van der Waals surface area (Å²) in [5, 5.41) is 3.21. The molecule has 5 nitrogen and oxygen atoms in total. The Morgan fingerprint density at radius 2 is 2.33 bits per heavy atom. The molecule has 1 spiro atoms. The molecule has 6 unspecified atom stereocenters. The highest BCUT2D eigenvalue weighted by Gasteiger charge is 2.62. The molecule has 0 amide bonds. The van der Waals surface area contributed by atoms with E-state index >= 15 is 0 Å². The molecule has 0 aromatic heterocycles. The molecular formula is C16H23NO4. The van der Waals surface area contributed by atoms with Crippen LogP contribution in [0.5, 0.6) is 0 Å². The van der Waals surface area contributed by atoms with Crippen LogP contribution in [0.25, 0.3) is 0 Å². The Hall–Kier alpha value is -1.10. The first kappa shape index (κ1) is 13.6. The number of rotatable bonds is 4. The van der Waals surface area contributed by atoms with Crippen molar-refractivity contribution in [3.8, 4) is 0 Å². The van der Waals surface area contributed by atoms with E-state index in [0.717, 1.165) is 38.6 Å². The molecule has 4 fully saturated rings. The second-order valence-corrected chi connectivity index (χ2v) is 7.18. The minimum absolute atomic E-state index is 0.00506. The summed E-state index contributed by atoms with van der Waals surface area (Å²) < 4.78 is 11.0. The highest BCUT2D eigenvalue weighted by molar-refractivity contribution is 5.80. The van der Waals surface area contributed by atoms with E-state index in [2.05, 4.69) is 5.32 Å². The fourth-order valence-electron chi connectivity index (χ4n) is 4.86. The Labute approximate surface area is 124 Å². The van der Waals surface area contributed by atoms with Crippen LogP contribution in [0.4, 0.5) is 0 Å². The highest BCUT2D eigenvalue weighted by Crippen LogP contribution is 2.60. The van der Waals surface area contributed by atoms with Gasteiger partial charge in [0.25, 0.3) is 0 Å². The quantitative estimate of drug-likeness (QED) is 0.624. The van der Waals surface area contributed by atoms with E-state index in [9.17, 15) is 9.59 Å². The summed E-state index contributed by atoms with van der Waals surface area (Å²) in [4.78, 5) is 24.3. The third kappa shape index (κ3) is 2.00. The maximum atomic E-state index is 12.3. The minimum atomic E-state index is -0.240. The Bertz CT molecular complexity index is 475. The van der Waals surface area contributed by atoms with Crippen molar-refractivity contribution in [3.05, 3.63) is 0 Å². The van der Waals surface area contributed by atoms with Crippen LogP contribution >= 0.6 is 0 Å². The van der Waals surface area contributed by atoms with Gasteiger partial charge < -0.3 is 14.8 Å². The van der Waals surface area contributed by atoms with Gasteiger partial charge in [-0.2, -0.15) is 0 Å². The lowest BCUT2D eigenvalue weighted by Gasteiger charge is -2.33. The first-order valence-corrected chi connectivity index (χ1v) is 8.25. The van der Waals surface area contributed by atoms with E-state index in [1.807, 2.05) is 6.92 Å². The Kier molecular flexibility index (Phi) is 3.03. The summed E-state index contributed by atoms with van der Waals surface area (Å²) in [5.74, 6) is 0.653. The fraction of sp³-hybridized carbons (Fsp3) is 0.875. The molecular weight excluding hydrogens is 270 g/mol. The number of carbonyl (C=O) groups excluding carboxylic acids is 2. The number of carbonyl (C=O) groups is 2. The average Bonchev–Trinajstić information content (AvgIpc) is 2.98. The summed E-state index contributed by atoms with van der Waals surface area (Å²) in [7, 11) is 0. The van der Waals surface area contributed by atoms with Crippen LogP contribution in [0.15, 0.2) is 0 Å². The first-order chi connectivity index (χ1) is 10.1. The van der Waals surface area contributed by atoms with Gasteiger partial charge in [0.05, 0.1) is 17.9 Å². The van der Waals surface area contributed by atoms with Crippen molar-refractivity contribution >= 4 is 11.9 Å². The lowest BCUT2D eigenvalue weighted by Crippen LogP contribution is -2.39. The third-order valence-electron chi connectivity index (χ3n) is 6.16. The first-order valence-electron chi connectivity index (χ1n) is 8.25. The summed E-state index contributed by atoms with van der Waals surface area (Å²) >= 11 is 0. The molecule has 4 aliphatic rings. The van der Waals surface area contributed by atoms with E-state index in [0.29, 0.717) is 24.5 Å². The van der Waals surface area contributed by atoms with Gasteiger partial charge in [0.1, 0.15) is 6.10 Å². The number of ether oxygens (including phenoxy) is 2. The summed E-state index contributed by atoms with van der Waals surface area (Å²) in [6, 6.07) is 0.317. The van der Waals surface area contributed by atoms with E-state index in [4.69, 9.17) is 9.47 Å². The number of cyclic esters (lactones) is 1. The highest BCUT2D eigenvalue weighted by atomic mass is 16.5. The minimum Gasteiger partial charge on any atom is -0.465 e. The molecule has 6 atom stereocenters. The molecule has 2 heterocycles. The van der Waals surface area contributed by atoms with Gasteiger partial charge in [-0.3, -0.25) is 9.59 Å². The zero-order valence-corrected chi connectivity index (χ0v) is 12.5. The van der Waals surface area contributed by atoms with Crippen LogP contribution < -0.4 is 5.32 Å².